The first-order chi connectivity index (χ1) is 46.4. The highest BCUT2D eigenvalue weighted by Gasteiger charge is 2.59. The number of hydrogen-bond acceptors (Lipinski definition) is 15. The fourth-order valence-corrected chi connectivity index (χ4v) is 8.59. The minimum atomic E-state index is -3.69. The summed E-state index contributed by atoms with van der Waals surface area (Å²) >= 11 is 0. The van der Waals surface area contributed by atoms with Crippen LogP contribution in [0.3, 0.4) is 0 Å². The van der Waals surface area contributed by atoms with Crippen molar-refractivity contribution in [1.82, 2.24) is 0 Å². The molecule has 5 N–H and O–H groups in total. The molecule has 0 saturated heterocycles. The van der Waals surface area contributed by atoms with E-state index in [0.29, 0.717) is 72.0 Å². The quantitative estimate of drug-likeness (QED) is 0.0103. The topological polar surface area (TPSA) is 317 Å². The van der Waals surface area contributed by atoms with Gasteiger partial charge in [-0.3, -0.25) is 32.6 Å². The number of benzene rings is 4. The van der Waals surface area contributed by atoms with E-state index in [4.69, 9.17) is 32.8 Å². The maximum atomic E-state index is 15.3. The molecule has 130 heavy (non-hydrogen) atoms. The largest absolute Gasteiger partial charge is 0.465 e. The van der Waals surface area contributed by atoms with Crippen LogP contribution in [0.4, 0.5) is 52.7 Å². The number of halogens is 12. The van der Waals surface area contributed by atoms with E-state index in [2.05, 4.69) is 17.9 Å². The Labute approximate surface area is 797 Å². The highest BCUT2D eigenvalue weighted by molar-refractivity contribution is 7.85. The molecule has 0 fully saturated rings. The van der Waals surface area contributed by atoms with Crippen molar-refractivity contribution in [3.63, 3.8) is 0 Å². The molecule has 0 aliphatic heterocycles. The van der Waals surface area contributed by atoms with Gasteiger partial charge in [0.15, 0.2) is 29.5 Å². The molecule has 5 unspecified atom stereocenters. The van der Waals surface area contributed by atoms with Gasteiger partial charge in [0.2, 0.25) is 0 Å². The fraction of sp³-hybridized carbons (Fsp3) is 0.695. The second kappa shape index (κ2) is 91.9. The van der Waals surface area contributed by atoms with Gasteiger partial charge in [-0.1, -0.05) is 349 Å². The Balaban J connectivity index is -0.0000000303. The number of rotatable bonds is 25. The summed E-state index contributed by atoms with van der Waals surface area (Å²) in [4.78, 5) is 35.8. The molecule has 0 aliphatic carbocycles. The maximum Gasteiger partial charge on any atom is 0.313 e. The number of aliphatic hydroxyl groups is 1. The van der Waals surface area contributed by atoms with E-state index in [1.165, 1.54) is 126 Å². The number of aliphatic hydroxyl groups excluding tert-OH is 1. The van der Waals surface area contributed by atoms with Crippen molar-refractivity contribution in [2.24, 2.45) is 22.2 Å². The highest BCUT2D eigenvalue weighted by atomic mass is 32.2. The van der Waals surface area contributed by atoms with Gasteiger partial charge in [0.05, 0.1) is 54.5 Å². The number of hydrogen-bond donors (Lipinski definition) is 5. The first-order valence-electron chi connectivity index (χ1n) is 31.3. The minimum Gasteiger partial charge on any atom is -0.465 e. The molecule has 0 bridgehead atoms. The molecule has 35 heteroatoms. The van der Waals surface area contributed by atoms with Gasteiger partial charge >= 0.3 is 17.9 Å². The van der Waals surface area contributed by atoms with E-state index in [-0.39, 0.29) is 241 Å². The Hall–Kier alpha value is -6.21. The third-order valence-corrected chi connectivity index (χ3v) is 13.8. The van der Waals surface area contributed by atoms with Gasteiger partial charge in [-0.2, -0.15) is 33.7 Å². The lowest BCUT2D eigenvalue weighted by Gasteiger charge is -2.37. The molecule has 19 nitrogen and oxygen atoms in total. The summed E-state index contributed by atoms with van der Waals surface area (Å²) in [6.07, 6.45) is 2.54. The summed E-state index contributed by atoms with van der Waals surface area (Å²) in [6, 6.07) is 29.2. The van der Waals surface area contributed by atoms with E-state index >= 15 is 13.2 Å². The monoisotopic (exact) mass is 2010 g/mol. The van der Waals surface area contributed by atoms with Gasteiger partial charge in [-0.25, -0.2) is 52.7 Å². The molecule has 0 radical (unpaired) electrons. The first kappa shape index (κ1) is 217. The summed E-state index contributed by atoms with van der Waals surface area (Å²) in [5.74, 6) is -16.7. The fourth-order valence-electron chi connectivity index (χ4n) is 8.59. The number of carbonyl (C=O) groups excluding carboxylic acids is 3. The molecule has 0 saturated carbocycles. The van der Waals surface area contributed by atoms with Gasteiger partial charge in [0, 0.05) is 47.0 Å². The van der Waals surface area contributed by atoms with Crippen molar-refractivity contribution in [2.45, 2.75) is 381 Å². The van der Waals surface area contributed by atoms with Crippen molar-refractivity contribution >= 4 is 58.4 Å². The zero-order valence-corrected chi connectivity index (χ0v) is 65.0. The molecule has 0 spiro atoms. The maximum absolute atomic E-state index is 15.3. The summed E-state index contributed by atoms with van der Waals surface area (Å²) in [5.41, 5.74) is -16.2. The summed E-state index contributed by atoms with van der Waals surface area (Å²) in [5, 5.41) is 8.59. The molecular formula is C95H208F12O19S4. The molecule has 0 heterocycles. The molecule has 0 aliphatic rings. The van der Waals surface area contributed by atoms with Gasteiger partial charge in [0.1, 0.15) is 0 Å². The number of alkyl halides is 12. The van der Waals surface area contributed by atoms with E-state index in [0.717, 1.165) is 0 Å². The third kappa shape index (κ3) is 90.9. The molecule has 4 aromatic rings. The SMILES string of the molecule is C.C.C.C.C.C.C.C.C.C.C.C.C.C.C.C.C.C.C.C.C.C.C.C.C.C.C=C.CC(C)(CC(F)(c1ccccc1)C(C)(F)F)C(=O)OCO.CCC(C)CC(F)(c1ccccc1)C(C)(F)F.CCCOC(=O)C(C)(C)CC(F)(c1ccccc1)C(C)(F)F.CCCOC(=O)C(C)(C)CC(F)(c1ccccc1)C(C)(F)F.CS(=O)(=O)O.CS(=O)(=O)O.CS(=O)(=O)O.CS(=O)(=O)O. The third-order valence-electron chi connectivity index (χ3n) is 13.8. The lowest BCUT2D eigenvalue weighted by molar-refractivity contribution is -0.176. The van der Waals surface area contributed by atoms with Crippen LogP contribution >= 0.6 is 0 Å². The van der Waals surface area contributed by atoms with Crippen LogP contribution in [0.5, 0.6) is 0 Å². The van der Waals surface area contributed by atoms with Gasteiger partial charge in [-0.05, 0) is 89.0 Å². The molecular weight excluding hydrogens is 1800 g/mol. The van der Waals surface area contributed by atoms with Crippen molar-refractivity contribution in [3.05, 3.63) is 157 Å². The highest BCUT2D eigenvalue weighted by Crippen LogP contribution is 2.52. The Bertz CT molecular complexity index is 3350. The van der Waals surface area contributed by atoms with Crippen LogP contribution in [0.2, 0.25) is 0 Å². The van der Waals surface area contributed by atoms with Gasteiger partial charge in [0.25, 0.3) is 64.2 Å². The average molecular weight is 2010 g/mol. The Morgan fingerprint density at radius 3 is 0.569 bits per heavy atom. The molecule has 4 rings (SSSR count). The van der Waals surface area contributed by atoms with Gasteiger partial charge in [-0.15, -0.1) is 13.2 Å². The van der Waals surface area contributed by atoms with E-state index in [1.807, 2.05) is 20.8 Å². The lowest BCUT2D eigenvalue weighted by atomic mass is 9.75. The van der Waals surface area contributed by atoms with Crippen molar-refractivity contribution < 1.29 is 138 Å². The molecule has 4 aromatic carbocycles. The summed E-state index contributed by atoms with van der Waals surface area (Å²) < 4.78 is 289. The number of ether oxygens (including phenoxy) is 3. The summed E-state index contributed by atoms with van der Waals surface area (Å²) in [6.45, 7) is 23.3. The van der Waals surface area contributed by atoms with Crippen LogP contribution in [0.1, 0.15) is 357 Å². The van der Waals surface area contributed by atoms with E-state index in [9.17, 15) is 87.6 Å². The normalized spacial score (nSPS) is 11.7. The molecule has 0 amide bonds. The molecule has 0 aromatic heterocycles. The molecule has 5 atom stereocenters. The van der Waals surface area contributed by atoms with Crippen molar-refractivity contribution in [2.75, 3.05) is 45.0 Å². The van der Waals surface area contributed by atoms with Crippen LogP contribution in [-0.4, -0.2) is 144 Å². The van der Waals surface area contributed by atoms with E-state index in [1.54, 1.807) is 43.3 Å². The van der Waals surface area contributed by atoms with Crippen molar-refractivity contribution in [3.8, 4) is 0 Å². The van der Waals surface area contributed by atoms with E-state index < -0.39 is 147 Å². The average Bonchev–Trinajstić information content (AvgIpc) is 0.679. The van der Waals surface area contributed by atoms with Crippen LogP contribution in [0.15, 0.2) is 134 Å². The second-order valence-electron chi connectivity index (χ2n) is 25.9. The predicted molar refractivity (Wildman–Crippen MR) is 550 cm³/mol. The van der Waals surface area contributed by atoms with Crippen LogP contribution in [-0.2, 0) is 91.7 Å². The zero-order valence-electron chi connectivity index (χ0n) is 61.7. The minimum absolute atomic E-state index is 0. The second-order valence-corrected chi connectivity index (χ2v) is 31.8. The molecule has 810 valence electrons. The smallest absolute Gasteiger partial charge is 0.313 e. The van der Waals surface area contributed by atoms with Gasteiger partial charge < -0.3 is 19.3 Å². The first-order valence-corrected chi connectivity index (χ1v) is 38.6. The lowest BCUT2D eigenvalue weighted by Crippen LogP contribution is -2.45. The number of esters is 3. The van der Waals surface area contributed by atoms with Crippen LogP contribution in [0.25, 0.3) is 0 Å². The Morgan fingerprint density at radius 2 is 0.446 bits per heavy atom. The number of carbonyl (C=O) groups is 3. The Kier molecular flexibility index (Phi) is 153. The summed E-state index contributed by atoms with van der Waals surface area (Å²) in [7, 11) is -14.7. The standard InChI is InChI=1S/2C17H23F3O2.C15H19F3O3.C14H19F3.C2H4.4CH4O3S.26CH4/c2*1-5-11-22-14(21)15(2,3)12-17(20,16(4,18)19)13-9-7-6-8-10-13;1-13(2,12(20)21-10-19)9-15(18,14(3,16)17)11-7-5-4-6-8-11;1-4-11(2)10-14(17,13(3,15)16)12-8-6-5-7-9-12;1-2;4*1-5(2,3)4;;;;;;;;;;;;;;;;;;;;;;;;;;/h2*6-10H,5,11-12H2,1-4H3;4-8,19H,9-10H2,1-3H3;5-9,11H,4,10H2,1-3H3;1-2H2;4*1H3,(H,2,3,4);26*1H4. The van der Waals surface area contributed by atoms with Crippen LogP contribution in [0, 0.1) is 22.2 Å². The van der Waals surface area contributed by atoms with Crippen LogP contribution < -0.4 is 0 Å². The zero-order chi connectivity index (χ0) is 83.5. The Morgan fingerprint density at radius 1 is 0.308 bits per heavy atom. The van der Waals surface area contributed by atoms with Crippen molar-refractivity contribution in [1.29, 1.82) is 0 Å². The predicted octanol–water partition coefficient (Wildman–Crippen LogP) is 33.5.